The average molecular weight is 344 g/mol. The first-order valence-electron chi connectivity index (χ1n) is 9.07. The molecule has 0 saturated heterocycles. The summed E-state index contributed by atoms with van der Waals surface area (Å²) in [5.74, 6) is 2.30. The summed E-state index contributed by atoms with van der Waals surface area (Å²) in [6, 6.07) is 5.57. The standard InChI is InChI=1S/C19H24N2O4/c1-24-15-8-7-12(21-19(23)18-13-3-2-4-14(13)18)9-16(15)25-10-17(22)20-11-5-6-11/h7-9,11,13-14,18H,2-6,10H2,1H3,(H,20,22)(H,21,23)/t13-,14-/m0/s1. The molecule has 2 amide bonds. The lowest BCUT2D eigenvalue weighted by molar-refractivity contribution is -0.123. The number of hydrogen-bond donors (Lipinski definition) is 2. The number of carbonyl (C=O) groups is 2. The van der Waals surface area contributed by atoms with E-state index in [9.17, 15) is 9.59 Å². The molecule has 0 radical (unpaired) electrons. The summed E-state index contributed by atoms with van der Waals surface area (Å²) in [5.41, 5.74) is 0.674. The zero-order chi connectivity index (χ0) is 17.4. The molecule has 4 rings (SSSR count). The zero-order valence-corrected chi connectivity index (χ0v) is 14.4. The van der Waals surface area contributed by atoms with Crippen molar-refractivity contribution in [1.82, 2.24) is 5.32 Å². The van der Waals surface area contributed by atoms with Gasteiger partial charge in [0.15, 0.2) is 18.1 Å². The van der Waals surface area contributed by atoms with Crippen LogP contribution < -0.4 is 20.1 Å². The summed E-state index contributed by atoms with van der Waals surface area (Å²) in [5, 5.41) is 5.86. The average Bonchev–Trinajstić information content (AvgIpc) is 3.51. The van der Waals surface area contributed by atoms with Crippen LogP contribution in [0.2, 0.25) is 0 Å². The van der Waals surface area contributed by atoms with Crippen molar-refractivity contribution >= 4 is 17.5 Å². The van der Waals surface area contributed by atoms with Gasteiger partial charge in [-0.15, -0.1) is 0 Å². The molecule has 0 aromatic heterocycles. The van der Waals surface area contributed by atoms with Gasteiger partial charge in [0.25, 0.3) is 5.91 Å². The van der Waals surface area contributed by atoms with Gasteiger partial charge in [0.1, 0.15) is 0 Å². The van der Waals surface area contributed by atoms with Crippen LogP contribution in [0.5, 0.6) is 11.5 Å². The molecule has 3 fully saturated rings. The van der Waals surface area contributed by atoms with Crippen LogP contribution in [-0.2, 0) is 9.59 Å². The van der Waals surface area contributed by atoms with Gasteiger partial charge in [-0.05, 0) is 49.7 Å². The molecule has 1 aromatic rings. The van der Waals surface area contributed by atoms with Crippen molar-refractivity contribution in [3.63, 3.8) is 0 Å². The molecular formula is C19H24N2O4. The van der Waals surface area contributed by atoms with Gasteiger partial charge >= 0.3 is 0 Å². The van der Waals surface area contributed by atoms with Crippen molar-refractivity contribution in [2.45, 2.75) is 38.1 Å². The number of benzene rings is 1. The lowest BCUT2D eigenvalue weighted by atomic mass is 10.1. The maximum atomic E-state index is 12.4. The third kappa shape index (κ3) is 3.57. The van der Waals surface area contributed by atoms with Gasteiger partial charge in [0, 0.05) is 23.7 Å². The zero-order valence-electron chi connectivity index (χ0n) is 14.4. The Bertz CT molecular complexity index is 676. The van der Waals surface area contributed by atoms with E-state index in [1.54, 1.807) is 25.3 Å². The monoisotopic (exact) mass is 344 g/mol. The maximum Gasteiger partial charge on any atom is 0.258 e. The molecule has 0 unspecified atom stereocenters. The van der Waals surface area contributed by atoms with E-state index in [0.717, 1.165) is 12.8 Å². The number of hydrogen-bond acceptors (Lipinski definition) is 4. The van der Waals surface area contributed by atoms with Crippen LogP contribution in [0.3, 0.4) is 0 Å². The van der Waals surface area contributed by atoms with E-state index >= 15 is 0 Å². The Morgan fingerprint density at radius 2 is 1.88 bits per heavy atom. The summed E-state index contributed by atoms with van der Waals surface area (Å²) in [4.78, 5) is 24.2. The van der Waals surface area contributed by atoms with E-state index in [1.807, 2.05) is 0 Å². The molecular weight excluding hydrogens is 320 g/mol. The van der Waals surface area contributed by atoms with E-state index in [2.05, 4.69) is 10.6 Å². The number of rotatable bonds is 7. The molecule has 3 saturated carbocycles. The normalized spacial score (nSPS) is 26.5. The molecule has 25 heavy (non-hydrogen) atoms. The second kappa shape index (κ2) is 6.58. The van der Waals surface area contributed by atoms with Crippen LogP contribution in [0.1, 0.15) is 32.1 Å². The van der Waals surface area contributed by atoms with E-state index in [-0.39, 0.29) is 24.3 Å². The van der Waals surface area contributed by atoms with Crippen LogP contribution in [-0.4, -0.2) is 31.6 Å². The fraction of sp³-hybridized carbons (Fsp3) is 0.579. The van der Waals surface area contributed by atoms with Crippen molar-refractivity contribution in [2.24, 2.45) is 17.8 Å². The lowest BCUT2D eigenvalue weighted by Gasteiger charge is -2.13. The predicted molar refractivity (Wildman–Crippen MR) is 92.6 cm³/mol. The first-order valence-corrected chi connectivity index (χ1v) is 9.07. The highest BCUT2D eigenvalue weighted by Gasteiger charge is 2.56. The van der Waals surface area contributed by atoms with Gasteiger partial charge in [-0.25, -0.2) is 0 Å². The summed E-state index contributed by atoms with van der Waals surface area (Å²) in [6.07, 6.45) is 5.69. The molecule has 0 bridgehead atoms. The van der Waals surface area contributed by atoms with Crippen molar-refractivity contribution in [3.05, 3.63) is 18.2 Å². The summed E-state index contributed by atoms with van der Waals surface area (Å²) < 4.78 is 10.9. The SMILES string of the molecule is COc1ccc(NC(=O)C2[C@H]3CCC[C@H]23)cc1OCC(=O)NC1CC1. The number of methoxy groups -OCH3 is 1. The molecule has 2 N–H and O–H groups in total. The molecule has 0 heterocycles. The lowest BCUT2D eigenvalue weighted by Crippen LogP contribution is -2.30. The highest BCUT2D eigenvalue weighted by atomic mass is 16.5. The molecule has 1 aromatic carbocycles. The Labute approximate surface area is 147 Å². The molecule has 3 aliphatic rings. The van der Waals surface area contributed by atoms with E-state index < -0.39 is 0 Å². The van der Waals surface area contributed by atoms with Crippen molar-refractivity contribution in [3.8, 4) is 11.5 Å². The quantitative estimate of drug-likeness (QED) is 0.796. The van der Waals surface area contributed by atoms with Crippen molar-refractivity contribution < 1.29 is 19.1 Å². The number of anilines is 1. The van der Waals surface area contributed by atoms with Gasteiger partial charge < -0.3 is 20.1 Å². The molecule has 2 atom stereocenters. The first-order chi connectivity index (χ1) is 12.2. The Morgan fingerprint density at radius 3 is 2.56 bits per heavy atom. The fourth-order valence-electron chi connectivity index (χ4n) is 3.94. The van der Waals surface area contributed by atoms with Crippen LogP contribution in [0.4, 0.5) is 5.69 Å². The van der Waals surface area contributed by atoms with Gasteiger partial charge in [-0.1, -0.05) is 6.42 Å². The predicted octanol–water partition coefficient (Wildman–Crippen LogP) is 2.34. The summed E-state index contributed by atoms with van der Waals surface area (Å²) in [6.45, 7) is -0.0585. The number of amides is 2. The van der Waals surface area contributed by atoms with Gasteiger partial charge in [-0.3, -0.25) is 9.59 Å². The van der Waals surface area contributed by atoms with Crippen LogP contribution in [0.15, 0.2) is 18.2 Å². The van der Waals surface area contributed by atoms with Crippen molar-refractivity contribution in [2.75, 3.05) is 19.0 Å². The van der Waals surface area contributed by atoms with Crippen LogP contribution in [0.25, 0.3) is 0 Å². The highest BCUT2D eigenvalue weighted by molar-refractivity contribution is 5.95. The number of nitrogens with one attached hydrogen (secondary N) is 2. The topological polar surface area (TPSA) is 76.7 Å². The fourth-order valence-corrected chi connectivity index (χ4v) is 3.94. The largest absolute Gasteiger partial charge is 0.493 e. The Hall–Kier alpha value is -2.24. The van der Waals surface area contributed by atoms with E-state index in [0.29, 0.717) is 35.1 Å². The smallest absolute Gasteiger partial charge is 0.258 e. The van der Waals surface area contributed by atoms with E-state index in [1.165, 1.54) is 19.3 Å². The molecule has 6 nitrogen and oxygen atoms in total. The third-order valence-corrected chi connectivity index (χ3v) is 5.44. The minimum atomic E-state index is -0.134. The van der Waals surface area contributed by atoms with Crippen LogP contribution in [0, 0.1) is 17.8 Å². The van der Waals surface area contributed by atoms with Gasteiger partial charge in [0.2, 0.25) is 5.91 Å². The summed E-state index contributed by atoms with van der Waals surface area (Å²) in [7, 11) is 1.55. The molecule has 0 aliphatic heterocycles. The minimum absolute atomic E-state index is 0.0585. The minimum Gasteiger partial charge on any atom is -0.493 e. The second-order valence-corrected chi connectivity index (χ2v) is 7.27. The second-order valence-electron chi connectivity index (χ2n) is 7.27. The number of ether oxygens (including phenoxy) is 2. The highest BCUT2D eigenvalue weighted by Crippen LogP contribution is 2.57. The first kappa shape index (κ1) is 16.2. The Kier molecular flexibility index (Phi) is 4.27. The Morgan fingerprint density at radius 1 is 1.12 bits per heavy atom. The van der Waals surface area contributed by atoms with Crippen molar-refractivity contribution in [1.29, 1.82) is 0 Å². The molecule has 0 spiro atoms. The summed E-state index contributed by atoms with van der Waals surface area (Å²) >= 11 is 0. The third-order valence-electron chi connectivity index (χ3n) is 5.44. The Balaban J connectivity index is 1.37. The molecule has 3 aliphatic carbocycles. The van der Waals surface area contributed by atoms with E-state index in [4.69, 9.17) is 9.47 Å². The maximum absolute atomic E-state index is 12.4. The van der Waals surface area contributed by atoms with Gasteiger partial charge in [0.05, 0.1) is 7.11 Å². The number of fused-ring (bicyclic) bond motifs is 1. The number of carbonyl (C=O) groups excluding carboxylic acids is 2. The van der Waals surface area contributed by atoms with Crippen LogP contribution >= 0.6 is 0 Å². The molecule has 134 valence electrons. The molecule has 6 heteroatoms. The van der Waals surface area contributed by atoms with Gasteiger partial charge in [-0.2, -0.15) is 0 Å².